The average molecular weight is 405 g/mol. The number of nitrogens with one attached hydrogen (secondary N) is 3. The van der Waals surface area contributed by atoms with Crippen LogP contribution in [0.25, 0.3) is 0 Å². The maximum Gasteiger partial charge on any atom is 0.315 e. The molecule has 1 aliphatic rings. The number of carbonyl (C=O) groups excluding carboxylic acids is 1. The van der Waals surface area contributed by atoms with Crippen molar-refractivity contribution in [3.8, 4) is 11.5 Å². The minimum atomic E-state index is -3.39. The number of ether oxygens (including phenoxy) is 2. The molecule has 2 aromatic rings. The summed E-state index contributed by atoms with van der Waals surface area (Å²) < 4.78 is 37.3. The van der Waals surface area contributed by atoms with Gasteiger partial charge in [-0.1, -0.05) is 36.4 Å². The van der Waals surface area contributed by atoms with Crippen LogP contribution in [0, 0.1) is 0 Å². The van der Waals surface area contributed by atoms with E-state index in [2.05, 4.69) is 15.4 Å². The molecule has 9 heteroatoms. The van der Waals surface area contributed by atoms with Crippen LogP contribution in [0.4, 0.5) is 4.79 Å². The molecule has 3 N–H and O–H groups in total. The van der Waals surface area contributed by atoms with E-state index in [1.807, 2.05) is 24.3 Å². The first-order valence-electron chi connectivity index (χ1n) is 8.85. The molecular formula is C19H23N3O5S. The third-order valence-electron chi connectivity index (χ3n) is 4.27. The van der Waals surface area contributed by atoms with Crippen molar-refractivity contribution in [2.45, 2.75) is 18.4 Å². The third-order valence-corrected chi connectivity index (χ3v) is 5.59. The van der Waals surface area contributed by atoms with Gasteiger partial charge in [-0.15, -0.1) is 0 Å². The summed E-state index contributed by atoms with van der Waals surface area (Å²) in [5.74, 6) is 1.20. The van der Waals surface area contributed by atoms with Crippen LogP contribution < -0.4 is 24.8 Å². The molecular weight excluding hydrogens is 382 g/mol. The van der Waals surface area contributed by atoms with E-state index in [0.717, 1.165) is 5.56 Å². The second-order valence-corrected chi connectivity index (χ2v) is 8.22. The zero-order valence-electron chi connectivity index (χ0n) is 15.5. The first kappa shape index (κ1) is 20.0. The van der Waals surface area contributed by atoms with Crippen LogP contribution in [0.1, 0.15) is 11.1 Å². The fraction of sp³-hybridized carbons (Fsp3) is 0.316. The summed E-state index contributed by atoms with van der Waals surface area (Å²) >= 11 is 0. The number of rotatable bonds is 7. The number of hydrogen-bond donors (Lipinski definition) is 3. The highest BCUT2D eigenvalue weighted by Crippen LogP contribution is 2.30. The Kier molecular flexibility index (Phi) is 6.37. The molecule has 150 valence electrons. The van der Waals surface area contributed by atoms with E-state index in [9.17, 15) is 13.2 Å². The molecule has 0 saturated heterocycles. The average Bonchev–Trinajstić information content (AvgIpc) is 2.71. The Balaban J connectivity index is 1.49. The summed E-state index contributed by atoms with van der Waals surface area (Å²) in [7, 11) is -2.02. The number of fused-ring (bicyclic) bond motifs is 1. The Hall–Kier alpha value is -2.78. The number of sulfonamides is 1. The minimum absolute atomic E-state index is 0.143. The van der Waals surface area contributed by atoms with Crippen molar-refractivity contribution in [1.82, 2.24) is 15.4 Å². The van der Waals surface area contributed by atoms with Crippen LogP contribution >= 0.6 is 0 Å². The Bertz CT molecular complexity index is 933. The van der Waals surface area contributed by atoms with Gasteiger partial charge in [-0.05, 0) is 30.3 Å². The normalized spacial score (nSPS) is 15.7. The topological polar surface area (TPSA) is 106 Å². The van der Waals surface area contributed by atoms with Crippen LogP contribution in [-0.4, -0.2) is 40.8 Å². The Morgan fingerprint density at radius 2 is 1.71 bits per heavy atom. The van der Waals surface area contributed by atoms with E-state index in [1.165, 1.54) is 7.05 Å². The van der Waals surface area contributed by atoms with Crippen molar-refractivity contribution < 1.29 is 22.7 Å². The molecule has 8 nitrogen and oxygen atoms in total. The van der Waals surface area contributed by atoms with Gasteiger partial charge in [-0.25, -0.2) is 17.9 Å². The fourth-order valence-electron chi connectivity index (χ4n) is 2.76. The van der Waals surface area contributed by atoms with E-state index in [0.29, 0.717) is 23.7 Å². The molecule has 0 spiro atoms. The molecule has 0 aromatic heterocycles. The van der Waals surface area contributed by atoms with Gasteiger partial charge in [-0.3, -0.25) is 0 Å². The molecule has 1 heterocycles. The van der Waals surface area contributed by atoms with Gasteiger partial charge < -0.3 is 20.1 Å². The smallest absolute Gasteiger partial charge is 0.315 e. The maximum atomic E-state index is 12.1. The molecule has 3 rings (SSSR count). The third kappa shape index (κ3) is 5.37. The standard InChI is InChI=1S/C19H23N3O5S/c1-20-28(24,25)13-15-7-3-2-6-14(15)10-21-19(23)22-11-16-12-26-17-8-4-5-9-18(17)27-16/h2-9,16,20H,10-13H2,1H3,(H2,21,22,23)/t16-/m1/s1. The molecule has 2 amide bonds. The van der Waals surface area contributed by atoms with E-state index >= 15 is 0 Å². The minimum Gasteiger partial charge on any atom is -0.486 e. The van der Waals surface area contributed by atoms with Crippen LogP contribution in [0.5, 0.6) is 11.5 Å². The van der Waals surface area contributed by atoms with E-state index in [-0.39, 0.29) is 31.0 Å². The van der Waals surface area contributed by atoms with E-state index < -0.39 is 10.0 Å². The summed E-state index contributed by atoms with van der Waals surface area (Å²) in [6.45, 7) is 0.851. The van der Waals surface area contributed by atoms with Crippen molar-refractivity contribution >= 4 is 16.1 Å². The SMILES string of the molecule is CNS(=O)(=O)Cc1ccccc1CNC(=O)NC[C@@H]1COc2ccccc2O1. The number of hydrogen-bond acceptors (Lipinski definition) is 5. The van der Waals surface area contributed by atoms with Gasteiger partial charge in [0.15, 0.2) is 17.6 Å². The van der Waals surface area contributed by atoms with Crippen LogP contribution in [-0.2, 0) is 22.3 Å². The van der Waals surface area contributed by atoms with Gasteiger partial charge in [0.25, 0.3) is 0 Å². The number of carbonyl (C=O) groups is 1. The van der Waals surface area contributed by atoms with E-state index in [1.54, 1.807) is 24.3 Å². The lowest BCUT2D eigenvalue weighted by atomic mass is 10.1. The van der Waals surface area contributed by atoms with Gasteiger partial charge in [0.2, 0.25) is 10.0 Å². The number of para-hydroxylation sites is 2. The first-order chi connectivity index (χ1) is 13.5. The van der Waals surface area contributed by atoms with Crippen molar-refractivity contribution in [3.63, 3.8) is 0 Å². The van der Waals surface area contributed by atoms with Crippen molar-refractivity contribution in [2.24, 2.45) is 0 Å². The molecule has 0 bridgehead atoms. The summed E-state index contributed by atoms with van der Waals surface area (Å²) in [5, 5.41) is 5.49. The molecule has 0 radical (unpaired) electrons. The summed E-state index contributed by atoms with van der Waals surface area (Å²) in [6, 6.07) is 14.1. The van der Waals surface area contributed by atoms with Gasteiger partial charge in [0, 0.05) is 6.54 Å². The number of urea groups is 1. The predicted octanol–water partition coefficient (Wildman–Crippen LogP) is 1.38. The number of amides is 2. The molecule has 0 saturated carbocycles. The summed E-state index contributed by atoms with van der Waals surface area (Å²) in [4.78, 5) is 12.1. The van der Waals surface area contributed by atoms with Gasteiger partial charge in [0.1, 0.15) is 6.61 Å². The lowest BCUT2D eigenvalue weighted by molar-refractivity contribution is 0.0918. The Labute approximate surface area is 164 Å². The highest BCUT2D eigenvalue weighted by molar-refractivity contribution is 7.88. The maximum absolute atomic E-state index is 12.1. The van der Waals surface area contributed by atoms with Gasteiger partial charge in [-0.2, -0.15) is 0 Å². The molecule has 2 aromatic carbocycles. The van der Waals surface area contributed by atoms with Crippen molar-refractivity contribution in [3.05, 3.63) is 59.7 Å². The molecule has 0 unspecified atom stereocenters. The summed E-state index contributed by atoms with van der Waals surface area (Å²) in [6.07, 6.45) is -0.284. The van der Waals surface area contributed by atoms with Gasteiger partial charge >= 0.3 is 6.03 Å². The molecule has 0 fully saturated rings. The lowest BCUT2D eigenvalue weighted by Gasteiger charge is -2.26. The highest BCUT2D eigenvalue weighted by Gasteiger charge is 2.21. The van der Waals surface area contributed by atoms with E-state index in [4.69, 9.17) is 9.47 Å². The second kappa shape index (κ2) is 8.94. The quantitative estimate of drug-likeness (QED) is 0.645. The lowest BCUT2D eigenvalue weighted by Crippen LogP contribution is -2.44. The van der Waals surface area contributed by atoms with Crippen LogP contribution in [0.15, 0.2) is 48.5 Å². The molecule has 0 aliphatic carbocycles. The van der Waals surface area contributed by atoms with Crippen molar-refractivity contribution in [1.29, 1.82) is 0 Å². The van der Waals surface area contributed by atoms with Crippen LogP contribution in [0.2, 0.25) is 0 Å². The summed E-state index contributed by atoms with van der Waals surface area (Å²) in [5.41, 5.74) is 1.38. The highest BCUT2D eigenvalue weighted by atomic mass is 32.2. The molecule has 1 aliphatic heterocycles. The monoisotopic (exact) mass is 405 g/mol. The predicted molar refractivity (Wildman–Crippen MR) is 105 cm³/mol. The zero-order valence-corrected chi connectivity index (χ0v) is 16.3. The molecule has 1 atom stereocenters. The largest absolute Gasteiger partial charge is 0.486 e. The second-order valence-electron chi connectivity index (χ2n) is 6.29. The molecule has 28 heavy (non-hydrogen) atoms. The zero-order chi connectivity index (χ0) is 20.0. The van der Waals surface area contributed by atoms with Gasteiger partial charge in [0.05, 0.1) is 12.3 Å². The van der Waals surface area contributed by atoms with Crippen LogP contribution in [0.3, 0.4) is 0 Å². The van der Waals surface area contributed by atoms with Crippen molar-refractivity contribution in [2.75, 3.05) is 20.2 Å². The Morgan fingerprint density at radius 3 is 2.46 bits per heavy atom. The fourth-order valence-corrected chi connectivity index (χ4v) is 3.59. The Morgan fingerprint density at radius 1 is 1.04 bits per heavy atom. The first-order valence-corrected chi connectivity index (χ1v) is 10.5. The number of benzene rings is 2.